The van der Waals surface area contributed by atoms with Gasteiger partial charge in [-0.2, -0.15) is 0 Å². The van der Waals surface area contributed by atoms with Crippen molar-refractivity contribution in [1.29, 1.82) is 0 Å². The molecule has 1 unspecified atom stereocenters. The van der Waals surface area contributed by atoms with E-state index in [0.29, 0.717) is 156 Å². The van der Waals surface area contributed by atoms with Gasteiger partial charge in [0.25, 0.3) is 0 Å². The van der Waals surface area contributed by atoms with E-state index >= 15 is 0 Å². The second-order valence-electron chi connectivity index (χ2n) is 31.5. The zero-order valence-corrected chi connectivity index (χ0v) is 85.0. The predicted molar refractivity (Wildman–Crippen MR) is 478 cm³/mol. The SMILES string of the molecule is CC(C)C[C@H](NC(=O)C(CN)Cc1ccccc1)C(=O)[C@@]1(C)CO1.CC(C)C[C@H](NC(=O)[C@H](CCc1ccccc1)CC(=O)CN1CCOCC1)C(=O)C[C@@H](Cc1ccccc1)C(=O)N[C@@H](CC(C)C)C(=O)[C@@]1(C)CO1.CC(C)C[C@H](NC(=O)[C@H](CCc1ccccc1)CC(=O)CN1CCOCC1)C(=O)O.I[I-]I.[I][V]([I])[I].[Y]. The number of carbonyl (C=O) groups excluding carboxylic acids is 9. The molecule has 0 bridgehead atoms. The number of nitrogens with zero attached hydrogens (tertiary/aromatic N) is 2. The van der Waals surface area contributed by atoms with E-state index in [9.17, 15) is 53.1 Å². The van der Waals surface area contributed by atoms with Crippen LogP contribution in [0.2, 0.25) is 0 Å². The van der Waals surface area contributed by atoms with Gasteiger partial charge < -0.3 is 51.1 Å². The molecular weight excluding hydrogens is 2250 g/mol. The number of carboxylic acids is 1. The fourth-order valence-corrected chi connectivity index (χ4v) is 13.3. The first-order chi connectivity index (χ1) is 53.7. The summed E-state index contributed by atoms with van der Waals surface area (Å²) >= 11 is 12.7. The third kappa shape index (κ3) is 44.4. The number of ether oxygens (including phenoxy) is 4. The molecule has 30 heteroatoms. The third-order valence-corrected chi connectivity index (χ3v) is 19.7. The standard InChI is InChI=1S/C42H59N3O7.C23H34N2O5.C19H28N2O3.I3.3HI.V.Y/c1-29(2)22-36(43-40(49)33(17-16-31-12-8-6-9-13-31)25-35(46)27-45-18-20-51-21-19-45)38(47)26-34(24-32-14-10-7-11-15-32)41(50)44-37(23-30(3)4)39(48)42(5)28-52-42;1-17(2)14-21(23(28)29)24-22(27)19(9-8-18-6-4-3-5-7-18)15-20(26)16-25-10-12-30-13-11-25;1-13(2)9-16(17(22)19(3)12-24-19)21-18(23)15(11-20)10-14-7-5-4-6-8-14;1-3-2;;;;;/h6-15,29-30,33-34,36-37H,16-28H2,1-5H3,(H,43,49)(H,44,50);3-7,17,19,21H,8-16H2,1-2H3,(H,24,27)(H,28,29);4-8,13,15-16H,9-12,20H2,1-3H3,(H,21,23);;3*1H;;/q;;;-1;;;;+3;/p-3/t33-,34-,36+,37+,42-;19-,21+;15?,16-,19+;;;;;;/m110....../s1. The number of Topliss-reactive ketones (excluding diaryl/α,β-unsaturated/α-hetero) is 5. The van der Waals surface area contributed by atoms with E-state index < -0.39 is 59.1 Å². The Kier molecular flexibility index (Phi) is 54.6. The van der Waals surface area contributed by atoms with Crippen LogP contribution in [0.4, 0.5) is 0 Å². The molecule has 4 aliphatic heterocycles. The Morgan fingerprint density at radius 1 is 0.465 bits per heavy atom. The van der Waals surface area contributed by atoms with Gasteiger partial charge in [-0.15, -0.1) is 0 Å². The summed E-state index contributed by atoms with van der Waals surface area (Å²) in [6.07, 6.45) is 4.98. The normalized spacial score (nSPS) is 18.6. The van der Waals surface area contributed by atoms with E-state index in [0.717, 1.165) is 22.3 Å². The number of benzene rings is 4. The number of aliphatic carboxylic acids is 1. The zero-order valence-electron chi connectivity index (χ0n) is 67.8. The van der Waals surface area contributed by atoms with E-state index in [-0.39, 0.29) is 146 Å². The summed E-state index contributed by atoms with van der Waals surface area (Å²) in [6.45, 7) is 26.1. The largest absolute Gasteiger partial charge is 0 e. The Hall–Kier alpha value is -1.63. The average Bonchev–Trinajstić information content (AvgIpc) is 1.65. The summed E-state index contributed by atoms with van der Waals surface area (Å²) in [6, 6.07) is 35.9. The van der Waals surface area contributed by atoms with Crippen molar-refractivity contribution < 1.29 is 123 Å². The quantitative estimate of drug-likeness (QED) is 0.0177. The van der Waals surface area contributed by atoms with E-state index in [1.165, 1.54) is 0 Å². The van der Waals surface area contributed by atoms with Crippen molar-refractivity contribution in [2.45, 2.75) is 188 Å². The minimum absolute atomic E-state index is 0. The fraction of sp³-hybridized carbons (Fsp3) is 0.595. The summed E-state index contributed by atoms with van der Waals surface area (Å²) in [7, 11) is 0. The summed E-state index contributed by atoms with van der Waals surface area (Å²) < 4.78 is 21.4. The molecular formula is C84H121I6N7O15VY-. The number of epoxide rings is 2. The number of aryl methyl sites for hydroxylation is 2. The van der Waals surface area contributed by atoms with E-state index in [1.54, 1.807) is 13.8 Å². The maximum atomic E-state index is 14.2. The number of rotatable bonds is 43. The number of morpholine rings is 2. The van der Waals surface area contributed by atoms with Crippen LogP contribution < -0.4 is 40.3 Å². The minimum atomic E-state index is -1.04. The molecule has 7 N–H and O–H groups in total. The summed E-state index contributed by atoms with van der Waals surface area (Å²) in [5.41, 5.74) is 8.29. The molecule has 4 aromatic carbocycles. The summed E-state index contributed by atoms with van der Waals surface area (Å²) in [5, 5.41) is 21.1. The van der Waals surface area contributed by atoms with Gasteiger partial charge in [0.05, 0.1) is 76.8 Å². The first-order valence-corrected chi connectivity index (χ1v) is 65.2. The van der Waals surface area contributed by atoms with Gasteiger partial charge in [-0.1, -0.05) is 177 Å². The third-order valence-electron chi connectivity index (χ3n) is 19.7. The van der Waals surface area contributed by atoms with Gasteiger partial charge in [0.2, 0.25) is 23.6 Å². The summed E-state index contributed by atoms with van der Waals surface area (Å²) in [4.78, 5) is 135. The number of halogens is 6. The fourth-order valence-electron chi connectivity index (χ4n) is 13.3. The monoisotopic (exact) mass is 2370 g/mol. The van der Waals surface area contributed by atoms with E-state index in [1.807, 2.05) is 182 Å². The Balaban J connectivity index is 0.000000458. The predicted octanol–water partition coefficient (Wildman–Crippen LogP) is 10.0. The van der Waals surface area contributed by atoms with Gasteiger partial charge in [0.15, 0.2) is 17.3 Å². The maximum absolute atomic E-state index is 14.2. The molecule has 0 aromatic heterocycles. The van der Waals surface area contributed by atoms with Crippen molar-refractivity contribution in [3.63, 3.8) is 0 Å². The number of amides is 4. The van der Waals surface area contributed by atoms with Gasteiger partial charge in [-0.25, -0.2) is 4.79 Å². The number of hydrogen-bond donors (Lipinski definition) is 6. The molecule has 1 radical (unpaired) electrons. The number of nitrogens with one attached hydrogen (secondary N) is 4. The van der Waals surface area contributed by atoms with Crippen molar-refractivity contribution in [2.24, 2.45) is 53.1 Å². The van der Waals surface area contributed by atoms with Crippen LogP contribution in [0.3, 0.4) is 0 Å². The van der Waals surface area contributed by atoms with Crippen LogP contribution in [0.25, 0.3) is 0 Å². The van der Waals surface area contributed by atoms with Gasteiger partial charge in [-0.3, -0.25) is 53.0 Å². The molecule has 633 valence electrons. The Morgan fingerprint density at radius 3 is 1.06 bits per heavy atom. The molecule has 0 spiro atoms. The van der Waals surface area contributed by atoms with Crippen molar-refractivity contribution in [1.82, 2.24) is 31.1 Å². The van der Waals surface area contributed by atoms with Gasteiger partial charge in [0, 0.05) is 102 Å². The number of hydrogen-bond acceptors (Lipinski definition) is 17. The van der Waals surface area contributed by atoms with Crippen molar-refractivity contribution in [3.8, 4) is 0 Å². The Bertz CT molecular complexity index is 3510. The van der Waals surface area contributed by atoms with Crippen LogP contribution in [0, 0.1) is 47.3 Å². The molecule has 4 amide bonds. The molecule has 8 rings (SSSR count). The van der Waals surface area contributed by atoms with Crippen molar-refractivity contribution >= 4 is 156 Å². The number of carbonyl (C=O) groups is 10. The maximum Gasteiger partial charge on any atom is 0 e. The van der Waals surface area contributed by atoms with Crippen LogP contribution >= 0.6 is 97.2 Å². The van der Waals surface area contributed by atoms with E-state index in [2.05, 4.69) is 123 Å². The molecule has 4 saturated heterocycles. The number of nitrogens with two attached hydrogens (primary N) is 1. The molecule has 0 aliphatic carbocycles. The Labute approximate surface area is 770 Å². The molecule has 4 fully saturated rings. The molecule has 4 aromatic rings. The molecule has 114 heavy (non-hydrogen) atoms. The first kappa shape index (κ1) is 107. The van der Waals surface area contributed by atoms with Crippen LogP contribution in [0.1, 0.15) is 149 Å². The average molecular weight is 2370 g/mol. The van der Waals surface area contributed by atoms with Crippen LogP contribution in [0.5, 0.6) is 0 Å². The van der Waals surface area contributed by atoms with Crippen molar-refractivity contribution in [2.75, 3.05) is 85.5 Å². The molecule has 4 heterocycles. The molecule has 0 saturated carbocycles. The Morgan fingerprint density at radius 2 is 0.746 bits per heavy atom. The van der Waals surface area contributed by atoms with Gasteiger partial charge >= 0.3 is 121 Å². The second-order valence-corrected chi connectivity index (χ2v) is 83.1. The molecule has 4 aliphatic rings. The summed E-state index contributed by atoms with van der Waals surface area (Å²) in [5.74, 6) is -4.33. The van der Waals surface area contributed by atoms with E-state index in [4.69, 9.17) is 24.7 Å². The molecule has 10 atom stereocenters. The topological polar surface area (TPSA) is 315 Å². The van der Waals surface area contributed by atoms with Crippen LogP contribution in [0.15, 0.2) is 121 Å². The first-order valence-electron chi connectivity index (χ1n) is 39.2. The van der Waals surface area contributed by atoms with Gasteiger partial charge in [0.1, 0.15) is 28.8 Å². The van der Waals surface area contributed by atoms with Crippen LogP contribution in [-0.2, 0) is 130 Å². The number of carboxylic acid groups (broad SMARTS) is 1. The van der Waals surface area contributed by atoms with Gasteiger partial charge in [-0.05, 0) is 124 Å². The van der Waals surface area contributed by atoms with Crippen molar-refractivity contribution in [3.05, 3.63) is 144 Å². The zero-order chi connectivity index (χ0) is 83.6. The second kappa shape index (κ2) is 58.4. The minimum Gasteiger partial charge on any atom is 0 e. The smallest absolute Gasteiger partial charge is 0 e. The van der Waals surface area contributed by atoms with Crippen LogP contribution in [-0.4, -0.2) is 194 Å². The molecule has 22 nitrogen and oxygen atoms in total. The number of ketones is 5.